The Balaban J connectivity index is 1.30. The average Bonchev–Trinajstić information content (AvgIpc) is 3.29. The van der Waals surface area contributed by atoms with Crippen LogP contribution in [0.3, 0.4) is 0 Å². The van der Waals surface area contributed by atoms with Gasteiger partial charge in [-0.3, -0.25) is 9.59 Å². The molecule has 0 saturated heterocycles. The van der Waals surface area contributed by atoms with Gasteiger partial charge >= 0.3 is 0 Å². The van der Waals surface area contributed by atoms with Gasteiger partial charge in [-0.05, 0) is 113 Å². The van der Waals surface area contributed by atoms with E-state index in [1.807, 2.05) is 96.2 Å². The lowest BCUT2D eigenvalue weighted by Gasteiger charge is -2.26. The molecule has 1 aliphatic heterocycles. The normalized spacial score (nSPS) is 14.6. The van der Waals surface area contributed by atoms with Gasteiger partial charge in [-0.15, -0.1) is 0 Å². The van der Waals surface area contributed by atoms with Crippen molar-refractivity contribution in [1.82, 2.24) is 0 Å². The molecule has 4 aromatic carbocycles. The summed E-state index contributed by atoms with van der Waals surface area (Å²) in [5.41, 5.74) is 3.17. The van der Waals surface area contributed by atoms with Crippen molar-refractivity contribution in [2.75, 3.05) is 4.90 Å². The molecule has 4 aromatic rings. The zero-order valence-corrected chi connectivity index (χ0v) is 27.9. The Kier molecular flexibility index (Phi) is 10.1. The first kappa shape index (κ1) is 33.1. The van der Waals surface area contributed by atoms with Crippen LogP contribution in [0.25, 0.3) is 0 Å². The minimum absolute atomic E-state index is 0.00423. The second-order valence-electron chi connectivity index (χ2n) is 11.8. The van der Waals surface area contributed by atoms with Gasteiger partial charge in [-0.25, -0.2) is 4.90 Å². The zero-order chi connectivity index (χ0) is 33.7. The van der Waals surface area contributed by atoms with Gasteiger partial charge in [0.25, 0.3) is 11.8 Å². The fourth-order valence-corrected chi connectivity index (χ4v) is 5.52. The van der Waals surface area contributed by atoms with Crippen molar-refractivity contribution >= 4 is 17.5 Å². The maximum atomic E-state index is 13.6. The highest BCUT2D eigenvalue weighted by molar-refractivity contribution is 6.34. The van der Waals surface area contributed by atoms with Gasteiger partial charge in [0.15, 0.2) is 0 Å². The Labute approximate surface area is 277 Å². The van der Waals surface area contributed by atoms with Gasteiger partial charge < -0.3 is 18.9 Å². The number of amides is 2. The fourth-order valence-electron chi connectivity index (χ4n) is 5.52. The lowest BCUT2D eigenvalue weighted by Crippen LogP contribution is -2.29. The summed E-state index contributed by atoms with van der Waals surface area (Å²) in [6.45, 7) is 14.0. The minimum Gasteiger partial charge on any atom is -0.491 e. The average molecular weight is 632 g/mol. The molecule has 5 rings (SSSR count). The van der Waals surface area contributed by atoms with Crippen molar-refractivity contribution in [3.63, 3.8) is 0 Å². The molecule has 0 radical (unpaired) electrons. The number of allylic oxidation sites excluding steroid dienone is 3. The van der Waals surface area contributed by atoms with E-state index >= 15 is 0 Å². The first-order valence-corrected chi connectivity index (χ1v) is 15.9. The molecule has 0 saturated carbocycles. The van der Waals surface area contributed by atoms with Crippen LogP contribution in [0.2, 0.25) is 0 Å². The summed E-state index contributed by atoms with van der Waals surface area (Å²) in [7, 11) is 0. The number of hydrogen-bond acceptors (Lipinski definition) is 6. The van der Waals surface area contributed by atoms with E-state index in [1.54, 1.807) is 48.5 Å². The fraction of sp³-hybridized carbons (Fsp3) is 0.250. The molecular formula is C40H41NO6. The summed E-state index contributed by atoms with van der Waals surface area (Å²) in [5, 5.41) is 0. The molecule has 0 fully saturated rings. The number of carbonyl (C=O) groups is 2. The predicted molar refractivity (Wildman–Crippen MR) is 185 cm³/mol. The summed E-state index contributed by atoms with van der Waals surface area (Å²) < 4.78 is 24.5. The first-order valence-electron chi connectivity index (χ1n) is 15.9. The van der Waals surface area contributed by atoms with Crippen molar-refractivity contribution in [3.05, 3.63) is 131 Å². The highest BCUT2D eigenvalue weighted by Gasteiger charge is 2.37. The van der Waals surface area contributed by atoms with Crippen LogP contribution in [0.15, 0.2) is 114 Å². The molecule has 0 aliphatic carbocycles. The van der Waals surface area contributed by atoms with Crippen molar-refractivity contribution in [2.45, 2.75) is 60.7 Å². The molecular weight excluding hydrogens is 590 g/mol. The third-order valence-electron chi connectivity index (χ3n) is 7.94. The summed E-state index contributed by atoms with van der Waals surface area (Å²) >= 11 is 0. The molecule has 0 spiro atoms. The van der Waals surface area contributed by atoms with Crippen LogP contribution in [-0.4, -0.2) is 24.0 Å². The van der Waals surface area contributed by atoms with E-state index < -0.39 is 11.8 Å². The maximum absolute atomic E-state index is 13.6. The Morgan fingerprint density at radius 2 is 1.26 bits per heavy atom. The molecule has 2 amide bonds. The number of rotatable bonds is 12. The van der Waals surface area contributed by atoms with E-state index in [4.69, 9.17) is 18.9 Å². The lowest BCUT2D eigenvalue weighted by atomic mass is 9.93. The number of carbonyl (C=O) groups excluding carboxylic acids is 2. The van der Waals surface area contributed by atoms with Crippen molar-refractivity contribution in [2.24, 2.45) is 5.92 Å². The van der Waals surface area contributed by atoms with E-state index in [0.717, 1.165) is 22.6 Å². The van der Waals surface area contributed by atoms with Gasteiger partial charge in [-0.1, -0.05) is 37.3 Å². The number of imide groups is 1. The van der Waals surface area contributed by atoms with E-state index in [1.165, 1.54) is 4.90 Å². The Bertz CT molecular complexity index is 1840. The second kappa shape index (κ2) is 14.4. The Morgan fingerprint density at radius 1 is 0.660 bits per heavy atom. The Hall–Kier alpha value is -5.30. The zero-order valence-electron chi connectivity index (χ0n) is 27.9. The highest BCUT2D eigenvalue weighted by atomic mass is 16.5. The largest absolute Gasteiger partial charge is 0.491 e. The molecule has 0 N–H and O–H groups in total. The molecule has 47 heavy (non-hydrogen) atoms. The SMILES string of the molecule is C/C=C(OC(C)C)/C(=C/C)[C@H](C)[C@@H](C)Oc1ccc2c(c1)C(=O)N(c1cccc(Oc3cccc(Oc4cccc(C)c4)c3)c1)C2=O. The van der Waals surface area contributed by atoms with Crippen molar-refractivity contribution in [3.8, 4) is 28.7 Å². The third kappa shape index (κ3) is 7.58. The van der Waals surface area contributed by atoms with E-state index in [0.29, 0.717) is 39.8 Å². The minimum atomic E-state index is -0.419. The number of ether oxygens (including phenoxy) is 4. The van der Waals surface area contributed by atoms with Crippen LogP contribution in [0, 0.1) is 12.8 Å². The number of nitrogens with zero attached hydrogens (tertiary/aromatic N) is 1. The van der Waals surface area contributed by atoms with Gasteiger partial charge in [-0.2, -0.15) is 0 Å². The molecule has 0 bridgehead atoms. The number of anilines is 1. The van der Waals surface area contributed by atoms with E-state index in [-0.39, 0.29) is 18.1 Å². The van der Waals surface area contributed by atoms with Crippen LogP contribution < -0.4 is 19.1 Å². The van der Waals surface area contributed by atoms with Crippen molar-refractivity contribution in [1.29, 1.82) is 0 Å². The smallest absolute Gasteiger partial charge is 0.266 e. The van der Waals surface area contributed by atoms with Crippen LogP contribution in [0.1, 0.15) is 67.8 Å². The summed E-state index contributed by atoms with van der Waals surface area (Å²) in [4.78, 5) is 28.3. The van der Waals surface area contributed by atoms with Crippen LogP contribution in [0.5, 0.6) is 28.7 Å². The summed E-state index contributed by atoms with van der Waals surface area (Å²) in [6.07, 6.45) is 3.82. The first-order chi connectivity index (χ1) is 22.6. The molecule has 7 nitrogen and oxygen atoms in total. The molecule has 2 atom stereocenters. The van der Waals surface area contributed by atoms with Crippen molar-refractivity contribution < 1.29 is 28.5 Å². The van der Waals surface area contributed by atoms with Gasteiger partial charge in [0.05, 0.1) is 22.9 Å². The number of benzene rings is 4. The molecule has 1 heterocycles. The topological polar surface area (TPSA) is 74.3 Å². The molecule has 242 valence electrons. The molecule has 7 heteroatoms. The van der Waals surface area contributed by atoms with Crippen LogP contribution in [-0.2, 0) is 4.74 Å². The van der Waals surface area contributed by atoms with Gasteiger partial charge in [0, 0.05) is 18.1 Å². The van der Waals surface area contributed by atoms with E-state index in [9.17, 15) is 9.59 Å². The summed E-state index contributed by atoms with van der Waals surface area (Å²) in [6, 6.07) is 27.0. The monoisotopic (exact) mass is 631 g/mol. The summed E-state index contributed by atoms with van der Waals surface area (Å²) in [5.74, 6) is 2.90. The van der Waals surface area contributed by atoms with Crippen LogP contribution in [0.4, 0.5) is 5.69 Å². The second-order valence-corrected chi connectivity index (χ2v) is 11.8. The number of fused-ring (bicyclic) bond motifs is 1. The highest BCUT2D eigenvalue weighted by Crippen LogP contribution is 2.35. The quantitative estimate of drug-likeness (QED) is 0.0880. The molecule has 0 aromatic heterocycles. The van der Waals surface area contributed by atoms with Gasteiger partial charge in [0.2, 0.25) is 0 Å². The molecule has 0 unspecified atom stereocenters. The predicted octanol–water partition coefficient (Wildman–Crippen LogP) is 10.1. The maximum Gasteiger partial charge on any atom is 0.266 e. The number of aryl methyl sites for hydroxylation is 1. The van der Waals surface area contributed by atoms with E-state index in [2.05, 4.69) is 6.92 Å². The number of hydrogen-bond donors (Lipinski definition) is 0. The Morgan fingerprint density at radius 3 is 1.87 bits per heavy atom. The van der Waals surface area contributed by atoms with Crippen LogP contribution >= 0.6 is 0 Å². The lowest BCUT2D eigenvalue weighted by molar-refractivity contribution is 0.0926. The third-order valence-corrected chi connectivity index (χ3v) is 7.94. The molecule has 1 aliphatic rings. The van der Waals surface area contributed by atoms with Gasteiger partial charge in [0.1, 0.15) is 40.6 Å². The standard InChI is InChI=1S/C40H41NO6/c1-8-35(38(9-2)44-25(3)4)27(6)28(7)45-34-19-20-36-37(24-34)40(43)41(39(36)42)29-14-11-16-31(22-29)47-33-18-12-17-32(23-33)46-30-15-10-13-26(5)21-30/h8-25,27-28H,1-7H3/b35-8+,38-9-/t27-,28-/m1/s1.